The number of nitrogens with one attached hydrogen (secondary N) is 1. The fourth-order valence-electron chi connectivity index (χ4n) is 5.81. The summed E-state index contributed by atoms with van der Waals surface area (Å²) >= 11 is 0. The highest BCUT2D eigenvalue weighted by Crippen LogP contribution is 2.17. The van der Waals surface area contributed by atoms with Crippen molar-refractivity contribution in [1.82, 2.24) is 34.7 Å². The Kier molecular flexibility index (Phi) is 22.6. The van der Waals surface area contributed by atoms with E-state index in [0.29, 0.717) is 6.10 Å². The SMILES string of the molecule is CN1CCN(C)CC1.CNC1CCN(C)C1.COC1CN(C)C1.COCC1CCN(C)C1.COCCC1CCN(C)C1. The van der Waals surface area contributed by atoms with Gasteiger partial charge in [0.1, 0.15) is 0 Å². The van der Waals surface area contributed by atoms with E-state index in [-0.39, 0.29) is 0 Å². The molecule has 5 heterocycles. The molecule has 0 radical (unpaired) electrons. The van der Waals surface area contributed by atoms with Crippen molar-refractivity contribution >= 4 is 0 Å². The summed E-state index contributed by atoms with van der Waals surface area (Å²) in [6.07, 6.45) is 5.74. The summed E-state index contributed by atoms with van der Waals surface area (Å²) < 4.78 is 15.1. The maximum absolute atomic E-state index is 5.05. The van der Waals surface area contributed by atoms with E-state index in [9.17, 15) is 0 Å². The highest BCUT2D eigenvalue weighted by Gasteiger charge is 2.22. The second kappa shape index (κ2) is 23.9. The first-order valence-electron chi connectivity index (χ1n) is 16.4. The van der Waals surface area contributed by atoms with Gasteiger partial charge < -0.3 is 48.9 Å². The van der Waals surface area contributed by atoms with Gasteiger partial charge in [-0.3, -0.25) is 0 Å². The molecule has 5 fully saturated rings. The molecule has 5 saturated heterocycles. The van der Waals surface area contributed by atoms with Crippen LogP contribution in [0.5, 0.6) is 0 Å². The molecule has 5 aliphatic heterocycles. The van der Waals surface area contributed by atoms with Gasteiger partial charge in [0.15, 0.2) is 0 Å². The van der Waals surface area contributed by atoms with Gasteiger partial charge in [0.05, 0.1) is 12.7 Å². The third-order valence-corrected chi connectivity index (χ3v) is 9.00. The Labute approximate surface area is 260 Å². The third kappa shape index (κ3) is 19.1. The van der Waals surface area contributed by atoms with Gasteiger partial charge in [-0.25, -0.2) is 0 Å². The number of rotatable bonds is 7. The van der Waals surface area contributed by atoms with Crippen LogP contribution in [0.4, 0.5) is 0 Å². The number of nitrogens with zero attached hydrogens (tertiary/aromatic N) is 6. The standard InChI is InChI=1S/C8H17NO.C7H15NO.2C6H14N2.C5H11NO/c1-9-5-3-8(7-9)4-6-10-2;1-8-4-3-7(5-8)6-9-2;1-7-3-5-8(2)6-4-7;1-7-6-3-4-8(2)5-6;1-6-3-5(4-6)7-2/h8H,3-7H2,1-2H3;7H,3-6H2,1-2H3;3-6H2,1-2H3;6-7H,3-5H2,1-2H3;5H,3-4H2,1-2H3. The van der Waals surface area contributed by atoms with Crippen LogP contribution in [0, 0.1) is 11.8 Å². The molecule has 5 rings (SSSR count). The lowest BCUT2D eigenvalue weighted by molar-refractivity contribution is -0.0155. The number of ether oxygens (including phenoxy) is 3. The molecule has 5 aliphatic rings. The number of likely N-dealkylation sites (N-methyl/N-ethyl adjacent to an activating group) is 5. The Morgan fingerprint density at radius 1 is 0.548 bits per heavy atom. The summed E-state index contributed by atoms with van der Waals surface area (Å²) in [6.45, 7) is 16.5. The van der Waals surface area contributed by atoms with E-state index < -0.39 is 0 Å². The van der Waals surface area contributed by atoms with Gasteiger partial charge in [-0.15, -0.1) is 0 Å². The molecular weight excluding hydrogens is 530 g/mol. The van der Waals surface area contributed by atoms with Crippen molar-refractivity contribution in [3.63, 3.8) is 0 Å². The lowest BCUT2D eigenvalue weighted by atomic mass is 10.1. The van der Waals surface area contributed by atoms with Crippen LogP contribution in [0.2, 0.25) is 0 Å². The number of piperazine rings is 1. The zero-order valence-electron chi connectivity index (χ0n) is 29.4. The van der Waals surface area contributed by atoms with Crippen LogP contribution >= 0.6 is 0 Å². The Balaban J connectivity index is 0.000000264. The normalized spacial score (nSPS) is 28.0. The predicted molar refractivity (Wildman–Crippen MR) is 178 cm³/mol. The molecule has 0 saturated carbocycles. The molecule has 0 aromatic rings. The summed E-state index contributed by atoms with van der Waals surface area (Å²) in [7, 11) is 20.3. The third-order valence-electron chi connectivity index (χ3n) is 9.00. The van der Waals surface area contributed by atoms with Gasteiger partial charge in [0.25, 0.3) is 0 Å². The largest absolute Gasteiger partial charge is 0.385 e. The van der Waals surface area contributed by atoms with E-state index in [1.54, 1.807) is 21.3 Å². The molecule has 0 aliphatic carbocycles. The first kappa shape index (κ1) is 39.6. The van der Waals surface area contributed by atoms with E-state index in [1.807, 2.05) is 7.05 Å². The first-order valence-corrected chi connectivity index (χ1v) is 16.4. The van der Waals surface area contributed by atoms with Crippen LogP contribution < -0.4 is 5.32 Å². The van der Waals surface area contributed by atoms with Gasteiger partial charge in [-0.2, -0.15) is 0 Å². The molecule has 1 N–H and O–H groups in total. The lowest BCUT2D eigenvalue weighted by Crippen LogP contribution is -2.48. The topological polar surface area (TPSA) is 59.2 Å². The molecule has 3 unspecified atom stereocenters. The zero-order valence-corrected chi connectivity index (χ0v) is 29.4. The minimum Gasteiger partial charge on any atom is -0.385 e. The highest BCUT2D eigenvalue weighted by atomic mass is 16.5. The number of hydrogen-bond acceptors (Lipinski definition) is 10. The second-order valence-electron chi connectivity index (χ2n) is 13.3. The summed E-state index contributed by atoms with van der Waals surface area (Å²) in [5, 5.41) is 3.25. The van der Waals surface area contributed by atoms with Crippen molar-refractivity contribution < 1.29 is 14.2 Å². The Morgan fingerprint density at radius 3 is 1.36 bits per heavy atom. The Bertz CT molecular complexity index is 609. The molecule has 0 bridgehead atoms. The molecule has 0 aromatic heterocycles. The van der Waals surface area contributed by atoms with Crippen LogP contribution in [0.25, 0.3) is 0 Å². The molecule has 0 amide bonds. The van der Waals surface area contributed by atoms with Crippen LogP contribution in [-0.4, -0.2) is 204 Å². The summed E-state index contributed by atoms with van der Waals surface area (Å²) in [5.74, 6) is 1.69. The van der Waals surface area contributed by atoms with Crippen molar-refractivity contribution in [2.24, 2.45) is 11.8 Å². The molecule has 3 atom stereocenters. The van der Waals surface area contributed by atoms with Crippen molar-refractivity contribution in [3.8, 4) is 0 Å². The van der Waals surface area contributed by atoms with Gasteiger partial charge >= 0.3 is 0 Å². The summed E-state index contributed by atoms with van der Waals surface area (Å²) in [6, 6.07) is 0.750. The molecule has 252 valence electrons. The van der Waals surface area contributed by atoms with E-state index >= 15 is 0 Å². The Morgan fingerprint density at radius 2 is 1.05 bits per heavy atom. The van der Waals surface area contributed by atoms with Crippen LogP contribution in [0.3, 0.4) is 0 Å². The molecule has 10 nitrogen and oxygen atoms in total. The predicted octanol–water partition coefficient (Wildman–Crippen LogP) is 1.28. The van der Waals surface area contributed by atoms with Crippen molar-refractivity contribution in [1.29, 1.82) is 0 Å². The molecule has 10 heteroatoms. The average molecular weight is 602 g/mol. The smallest absolute Gasteiger partial charge is 0.0824 e. The quantitative estimate of drug-likeness (QED) is 0.462. The van der Waals surface area contributed by atoms with Crippen molar-refractivity contribution in [2.45, 2.75) is 37.8 Å². The number of methoxy groups -OCH3 is 3. The number of likely N-dealkylation sites (tertiary alicyclic amines) is 4. The Hall–Kier alpha value is -0.400. The van der Waals surface area contributed by atoms with Gasteiger partial charge in [0.2, 0.25) is 0 Å². The highest BCUT2D eigenvalue weighted by molar-refractivity contribution is 4.77. The van der Waals surface area contributed by atoms with Gasteiger partial charge in [0, 0.05) is 92.9 Å². The monoisotopic (exact) mass is 602 g/mol. The van der Waals surface area contributed by atoms with E-state index in [1.165, 1.54) is 91.1 Å². The van der Waals surface area contributed by atoms with Crippen LogP contribution in [0.1, 0.15) is 25.7 Å². The second-order valence-corrected chi connectivity index (χ2v) is 13.3. The summed E-state index contributed by atoms with van der Waals surface area (Å²) in [4.78, 5) is 14.0. The van der Waals surface area contributed by atoms with Gasteiger partial charge in [-0.1, -0.05) is 0 Å². The molecule has 42 heavy (non-hydrogen) atoms. The average Bonchev–Trinajstić information content (AvgIpc) is 3.70. The maximum atomic E-state index is 5.05. The maximum Gasteiger partial charge on any atom is 0.0824 e. The molecule has 0 spiro atoms. The fraction of sp³-hybridized carbons (Fsp3) is 1.00. The van der Waals surface area contributed by atoms with E-state index in [0.717, 1.165) is 44.2 Å². The van der Waals surface area contributed by atoms with Crippen molar-refractivity contribution in [3.05, 3.63) is 0 Å². The van der Waals surface area contributed by atoms with E-state index in [2.05, 4.69) is 77.0 Å². The fourth-order valence-corrected chi connectivity index (χ4v) is 5.81. The van der Waals surface area contributed by atoms with Crippen molar-refractivity contribution in [2.75, 3.05) is 162 Å². The molecule has 0 aromatic carbocycles. The summed E-state index contributed by atoms with van der Waals surface area (Å²) in [5.41, 5.74) is 0. The lowest BCUT2D eigenvalue weighted by Gasteiger charge is -2.34. The minimum absolute atomic E-state index is 0.519. The van der Waals surface area contributed by atoms with E-state index in [4.69, 9.17) is 14.2 Å². The minimum atomic E-state index is 0.519. The first-order chi connectivity index (χ1) is 20.1. The van der Waals surface area contributed by atoms with Crippen LogP contribution in [0.15, 0.2) is 0 Å². The van der Waals surface area contributed by atoms with Crippen LogP contribution in [-0.2, 0) is 14.2 Å². The zero-order chi connectivity index (χ0) is 31.3. The molecular formula is C32H71N7O3. The number of hydrogen-bond donors (Lipinski definition) is 1. The van der Waals surface area contributed by atoms with Gasteiger partial charge in [-0.05, 0) is 106 Å².